The van der Waals surface area contributed by atoms with Gasteiger partial charge in [0.05, 0.1) is 0 Å². The molecule has 5 rings (SSSR count). The zero-order valence-electron chi connectivity index (χ0n) is 14.3. The van der Waals surface area contributed by atoms with E-state index in [4.69, 9.17) is 4.99 Å². The van der Waals surface area contributed by atoms with E-state index < -0.39 is 0 Å². The molecule has 4 heteroatoms. The third-order valence-corrected chi connectivity index (χ3v) is 6.95. The minimum atomic E-state index is -0.372. The van der Waals surface area contributed by atoms with Crippen LogP contribution < -0.4 is 0 Å². The number of aliphatic imine (C=N–C) groups is 1. The molecule has 1 amide bonds. The number of hydrogen-bond donors (Lipinski definition) is 0. The molecule has 1 saturated heterocycles. The van der Waals surface area contributed by atoms with Gasteiger partial charge in [-0.3, -0.25) is 14.7 Å². The summed E-state index contributed by atoms with van der Waals surface area (Å²) in [6.07, 6.45) is 8.55. The Morgan fingerprint density at radius 2 is 1.83 bits per heavy atom. The number of carbonyl (C=O) groups is 1. The molecule has 3 atom stereocenters. The van der Waals surface area contributed by atoms with Crippen molar-refractivity contribution in [1.82, 2.24) is 9.80 Å². The van der Waals surface area contributed by atoms with Crippen molar-refractivity contribution in [1.29, 1.82) is 0 Å². The van der Waals surface area contributed by atoms with Crippen LogP contribution in [0.15, 0.2) is 4.99 Å². The Morgan fingerprint density at radius 1 is 1.09 bits per heavy atom. The second-order valence-electron chi connectivity index (χ2n) is 8.73. The number of amidine groups is 1. The standard InChI is InChI=1S/C19H29N3O/c1-2-17-20-19(18(23)22(17)10-14-5-6-14)8-7-15-11-21(12-16(15)19)9-13-3-4-13/h13-16H,2-12H2,1H3/t15-,16+,19-/m1/s1. The number of hydrogen-bond acceptors (Lipinski definition) is 3. The second-order valence-corrected chi connectivity index (χ2v) is 8.73. The number of likely N-dealkylation sites (tertiary alicyclic amines) is 1. The molecular weight excluding hydrogens is 286 g/mol. The summed E-state index contributed by atoms with van der Waals surface area (Å²) in [5, 5.41) is 0. The van der Waals surface area contributed by atoms with Gasteiger partial charge in [-0.2, -0.15) is 0 Å². The first-order valence-corrected chi connectivity index (χ1v) is 9.82. The SMILES string of the molecule is CCC1=N[C@@]2(CC[C@@H]3CN(CC4CC4)C[C@@H]32)C(=O)N1CC1CC1. The van der Waals surface area contributed by atoms with Crippen molar-refractivity contribution in [2.45, 2.75) is 57.4 Å². The summed E-state index contributed by atoms with van der Waals surface area (Å²) in [5.41, 5.74) is -0.372. The van der Waals surface area contributed by atoms with E-state index in [1.807, 2.05) is 0 Å². The van der Waals surface area contributed by atoms with Gasteiger partial charge in [-0.15, -0.1) is 0 Å². The van der Waals surface area contributed by atoms with Gasteiger partial charge in [-0.25, -0.2) is 0 Å². The first-order chi connectivity index (χ1) is 11.2. The predicted molar refractivity (Wildman–Crippen MR) is 90.3 cm³/mol. The highest BCUT2D eigenvalue weighted by atomic mass is 16.2. The topological polar surface area (TPSA) is 35.9 Å². The Balaban J connectivity index is 1.38. The van der Waals surface area contributed by atoms with Gasteiger partial charge in [0, 0.05) is 38.5 Å². The van der Waals surface area contributed by atoms with Crippen LogP contribution in [0.4, 0.5) is 0 Å². The molecule has 4 fully saturated rings. The van der Waals surface area contributed by atoms with Gasteiger partial charge >= 0.3 is 0 Å². The predicted octanol–water partition coefficient (Wildman–Crippen LogP) is 2.54. The van der Waals surface area contributed by atoms with Gasteiger partial charge in [-0.05, 0) is 56.3 Å². The van der Waals surface area contributed by atoms with Gasteiger partial charge in [-0.1, -0.05) is 6.92 Å². The molecule has 3 aliphatic carbocycles. The molecule has 1 spiro atoms. The van der Waals surface area contributed by atoms with Crippen LogP contribution in [0, 0.1) is 23.7 Å². The molecular formula is C19H29N3O. The number of carbonyl (C=O) groups excluding carboxylic acids is 1. The molecule has 0 unspecified atom stereocenters. The first kappa shape index (κ1) is 14.4. The van der Waals surface area contributed by atoms with E-state index in [1.54, 1.807) is 0 Å². The Kier molecular flexibility index (Phi) is 3.17. The molecule has 0 aromatic heterocycles. The minimum Gasteiger partial charge on any atom is -0.302 e. The quantitative estimate of drug-likeness (QED) is 0.781. The van der Waals surface area contributed by atoms with E-state index >= 15 is 0 Å². The maximum atomic E-state index is 13.3. The molecule has 2 aliphatic heterocycles. The summed E-state index contributed by atoms with van der Waals surface area (Å²) < 4.78 is 0. The largest absolute Gasteiger partial charge is 0.302 e. The fourth-order valence-corrected chi connectivity index (χ4v) is 5.31. The van der Waals surface area contributed by atoms with Crippen LogP contribution in [0.5, 0.6) is 0 Å². The summed E-state index contributed by atoms with van der Waals surface area (Å²) in [6, 6.07) is 0. The van der Waals surface area contributed by atoms with Gasteiger partial charge in [0.2, 0.25) is 0 Å². The van der Waals surface area contributed by atoms with Gasteiger partial charge in [0.25, 0.3) is 5.91 Å². The molecule has 0 radical (unpaired) electrons. The molecule has 5 aliphatic rings. The smallest absolute Gasteiger partial charge is 0.256 e. The van der Waals surface area contributed by atoms with E-state index in [0.717, 1.165) is 43.6 Å². The van der Waals surface area contributed by atoms with Crippen LogP contribution in [-0.4, -0.2) is 53.3 Å². The maximum Gasteiger partial charge on any atom is 0.256 e. The Morgan fingerprint density at radius 3 is 2.52 bits per heavy atom. The normalized spacial score (nSPS) is 40.3. The van der Waals surface area contributed by atoms with Gasteiger partial charge in [0.1, 0.15) is 11.4 Å². The van der Waals surface area contributed by atoms with Crippen LogP contribution in [0.25, 0.3) is 0 Å². The highest BCUT2D eigenvalue weighted by molar-refractivity contribution is 6.08. The Bertz CT molecular complexity index is 551. The van der Waals surface area contributed by atoms with Gasteiger partial charge in [0.15, 0.2) is 0 Å². The van der Waals surface area contributed by atoms with Crippen LogP contribution in [0.3, 0.4) is 0 Å². The lowest BCUT2D eigenvalue weighted by atomic mass is 9.85. The summed E-state index contributed by atoms with van der Waals surface area (Å²) in [5.74, 6) is 4.34. The number of rotatable bonds is 5. The molecule has 23 heavy (non-hydrogen) atoms. The maximum absolute atomic E-state index is 13.3. The third-order valence-electron chi connectivity index (χ3n) is 6.95. The van der Waals surface area contributed by atoms with Crippen LogP contribution in [0.1, 0.15) is 51.9 Å². The molecule has 4 nitrogen and oxygen atoms in total. The van der Waals surface area contributed by atoms with Crippen molar-refractivity contribution >= 4 is 11.7 Å². The highest BCUT2D eigenvalue weighted by Gasteiger charge is 2.61. The summed E-state index contributed by atoms with van der Waals surface area (Å²) >= 11 is 0. The van der Waals surface area contributed by atoms with Crippen molar-refractivity contribution in [3.63, 3.8) is 0 Å². The molecule has 3 saturated carbocycles. The van der Waals surface area contributed by atoms with E-state index in [-0.39, 0.29) is 5.54 Å². The van der Waals surface area contributed by atoms with E-state index in [1.165, 1.54) is 45.2 Å². The van der Waals surface area contributed by atoms with Crippen molar-refractivity contribution in [2.24, 2.45) is 28.7 Å². The highest BCUT2D eigenvalue weighted by Crippen LogP contribution is 2.51. The average molecular weight is 315 g/mol. The van der Waals surface area contributed by atoms with Crippen LogP contribution >= 0.6 is 0 Å². The Hall–Kier alpha value is -0.900. The van der Waals surface area contributed by atoms with E-state index in [2.05, 4.69) is 16.7 Å². The van der Waals surface area contributed by atoms with Crippen molar-refractivity contribution < 1.29 is 4.79 Å². The zero-order chi connectivity index (χ0) is 15.6. The minimum absolute atomic E-state index is 0.363. The lowest BCUT2D eigenvalue weighted by Crippen LogP contribution is -2.47. The zero-order valence-corrected chi connectivity index (χ0v) is 14.3. The number of amides is 1. The van der Waals surface area contributed by atoms with Crippen molar-refractivity contribution in [3.05, 3.63) is 0 Å². The van der Waals surface area contributed by atoms with Crippen LogP contribution in [-0.2, 0) is 4.79 Å². The lowest BCUT2D eigenvalue weighted by Gasteiger charge is -2.28. The Labute approximate surface area is 139 Å². The number of nitrogens with zero attached hydrogens (tertiary/aromatic N) is 3. The lowest BCUT2D eigenvalue weighted by molar-refractivity contribution is -0.132. The first-order valence-electron chi connectivity index (χ1n) is 9.82. The third kappa shape index (κ3) is 2.28. The summed E-state index contributed by atoms with van der Waals surface area (Å²) in [7, 11) is 0. The molecule has 0 aromatic rings. The molecule has 0 aromatic carbocycles. The van der Waals surface area contributed by atoms with E-state index in [9.17, 15) is 4.79 Å². The second kappa shape index (κ2) is 5.05. The van der Waals surface area contributed by atoms with Crippen molar-refractivity contribution in [3.8, 4) is 0 Å². The number of fused-ring (bicyclic) bond motifs is 2. The fraction of sp³-hybridized carbons (Fsp3) is 0.895. The average Bonchev–Trinajstić information content (AvgIpc) is 3.43. The molecule has 126 valence electrons. The molecule has 0 N–H and O–H groups in total. The monoisotopic (exact) mass is 315 g/mol. The fourth-order valence-electron chi connectivity index (χ4n) is 5.31. The summed E-state index contributed by atoms with van der Waals surface area (Å²) in [4.78, 5) is 23.2. The molecule has 2 heterocycles. The van der Waals surface area contributed by atoms with Gasteiger partial charge < -0.3 is 4.90 Å². The molecule has 0 bridgehead atoms. The van der Waals surface area contributed by atoms with E-state index in [0.29, 0.717) is 17.7 Å². The summed E-state index contributed by atoms with van der Waals surface area (Å²) in [6.45, 7) is 6.70. The van der Waals surface area contributed by atoms with Crippen molar-refractivity contribution in [2.75, 3.05) is 26.2 Å². The van der Waals surface area contributed by atoms with Crippen LogP contribution in [0.2, 0.25) is 0 Å².